The van der Waals surface area contributed by atoms with Crippen molar-refractivity contribution in [2.75, 3.05) is 19.8 Å². The maximum Gasteiger partial charge on any atom is 0.282 e. The first-order valence-electron chi connectivity index (χ1n) is 7.00. The second-order valence-corrected chi connectivity index (χ2v) is 8.14. The monoisotopic (exact) mass is 256 g/mol. The molecule has 0 radical (unpaired) electrons. The summed E-state index contributed by atoms with van der Waals surface area (Å²) in [5, 5.41) is 0. The lowest BCUT2D eigenvalue weighted by Crippen LogP contribution is -2.64. The summed E-state index contributed by atoms with van der Waals surface area (Å²) in [6.45, 7) is 15.6. The van der Waals surface area contributed by atoms with Crippen molar-refractivity contribution in [3.8, 4) is 0 Å². The number of hydrogen-bond acceptors (Lipinski definition) is 3. The molecule has 3 heterocycles. The van der Waals surface area contributed by atoms with Gasteiger partial charge in [0.05, 0.1) is 19.8 Å². The highest BCUT2D eigenvalue weighted by Crippen LogP contribution is 2.50. The summed E-state index contributed by atoms with van der Waals surface area (Å²) in [5.74, 6) is -0.764. The zero-order valence-corrected chi connectivity index (χ0v) is 12.8. The molecule has 18 heavy (non-hydrogen) atoms. The third-order valence-corrected chi connectivity index (χ3v) is 4.48. The minimum Gasteiger partial charge on any atom is -0.327 e. The Morgan fingerprint density at radius 2 is 1.28 bits per heavy atom. The smallest absolute Gasteiger partial charge is 0.282 e. The van der Waals surface area contributed by atoms with Crippen LogP contribution in [0, 0.1) is 16.2 Å². The third kappa shape index (κ3) is 2.59. The zero-order chi connectivity index (χ0) is 13.7. The Balaban J connectivity index is 2.00. The van der Waals surface area contributed by atoms with E-state index in [4.69, 9.17) is 14.2 Å². The largest absolute Gasteiger partial charge is 0.327 e. The molecule has 0 atom stereocenters. The van der Waals surface area contributed by atoms with E-state index in [-0.39, 0.29) is 16.2 Å². The molecule has 0 saturated carbocycles. The minimum atomic E-state index is -0.764. The molecule has 0 aromatic heterocycles. The summed E-state index contributed by atoms with van der Waals surface area (Å²) in [4.78, 5) is 0. The van der Waals surface area contributed by atoms with E-state index >= 15 is 0 Å². The van der Waals surface area contributed by atoms with Crippen molar-refractivity contribution in [2.24, 2.45) is 16.2 Å². The molecule has 106 valence electrons. The molecule has 2 bridgehead atoms. The molecule has 0 aromatic rings. The van der Waals surface area contributed by atoms with Gasteiger partial charge in [0, 0.05) is 11.8 Å². The van der Waals surface area contributed by atoms with Gasteiger partial charge in [-0.1, -0.05) is 41.5 Å². The van der Waals surface area contributed by atoms with Crippen LogP contribution in [-0.2, 0) is 14.2 Å². The van der Waals surface area contributed by atoms with Crippen LogP contribution in [0.15, 0.2) is 0 Å². The van der Waals surface area contributed by atoms with Crippen LogP contribution in [0.5, 0.6) is 0 Å². The quantitative estimate of drug-likeness (QED) is 0.756. The average molecular weight is 256 g/mol. The Bertz CT molecular complexity index is 284. The predicted molar refractivity (Wildman–Crippen MR) is 71.2 cm³/mol. The molecular formula is C15H28O3. The second kappa shape index (κ2) is 4.19. The van der Waals surface area contributed by atoms with Crippen LogP contribution >= 0.6 is 0 Å². The maximum atomic E-state index is 5.95. The molecule has 0 aromatic carbocycles. The van der Waals surface area contributed by atoms with Crippen LogP contribution in [0.2, 0.25) is 0 Å². The van der Waals surface area contributed by atoms with E-state index in [2.05, 4.69) is 41.5 Å². The van der Waals surface area contributed by atoms with Gasteiger partial charge < -0.3 is 14.2 Å². The van der Waals surface area contributed by atoms with Gasteiger partial charge in [-0.25, -0.2) is 0 Å². The normalized spacial score (nSPS) is 37.0. The Morgan fingerprint density at radius 1 is 0.833 bits per heavy atom. The summed E-state index contributed by atoms with van der Waals surface area (Å²) in [6, 6.07) is 0. The molecule has 0 amide bonds. The highest BCUT2D eigenvalue weighted by atomic mass is 16.9. The topological polar surface area (TPSA) is 27.7 Å². The number of rotatable bonds is 2. The number of fused-ring (bicyclic) bond motifs is 3. The summed E-state index contributed by atoms with van der Waals surface area (Å²) >= 11 is 0. The molecule has 3 rings (SSSR count). The molecule has 0 spiro atoms. The molecule has 3 aliphatic rings. The van der Waals surface area contributed by atoms with Crippen molar-refractivity contribution in [3.05, 3.63) is 0 Å². The van der Waals surface area contributed by atoms with Gasteiger partial charge >= 0.3 is 0 Å². The second-order valence-electron chi connectivity index (χ2n) is 8.14. The zero-order valence-electron chi connectivity index (χ0n) is 12.8. The lowest BCUT2D eigenvalue weighted by Gasteiger charge is -2.57. The molecule has 3 saturated heterocycles. The lowest BCUT2D eigenvalue weighted by molar-refractivity contribution is -0.480. The standard InChI is InChI=1S/C15H28O3/c1-12(2,3)7-8-15-16-9-14(10-17-15,11-18-15)13(4,5)6/h7-11H2,1-6H3. The van der Waals surface area contributed by atoms with Crippen LogP contribution < -0.4 is 0 Å². The fourth-order valence-electron chi connectivity index (χ4n) is 2.39. The van der Waals surface area contributed by atoms with Crippen LogP contribution in [0.25, 0.3) is 0 Å². The van der Waals surface area contributed by atoms with Crippen LogP contribution in [-0.4, -0.2) is 25.8 Å². The highest BCUT2D eigenvalue weighted by Gasteiger charge is 2.57. The molecule has 3 heteroatoms. The first-order chi connectivity index (χ1) is 8.08. The van der Waals surface area contributed by atoms with Crippen molar-refractivity contribution in [3.63, 3.8) is 0 Å². The van der Waals surface area contributed by atoms with Gasteiger partial charge in [0.15, 0.2) is 0 Å². The SMILES string of the molecule is CC(C)(C)CCC12OCC(C(C)(C)C)(CO1)CO2. The Labute approximate surface area is 111 Å². The number of hydrogen-bond donors (Lipinski definition) is 0. The molecule has 3 nitrogen and oxygen atoms in total. The summed E-state index contributed by atoms with van der Waals surface area (Å²) in [6.07, 6.45) is 1.85. The summed E-state index contributed by atoms with van der Waals surface area (Å²) in [5.41, 5.74) is 0.431. The first-order valence-corrected chi connectivity index (χ1v) is 7.00. The van der Waals surface area contributed by atoms with Crippen molar-refractivity contribution >= 4 is 0 Å². The van der Waals surface area contributed by atoms with Gasteiger partial charge in [0.1, 0.15) is 0 Å². The van der Waals surface area contributed by atoms with Crippen molar-refractivity contribution < 1.29 is 14.2 Å². The maximum absolute atomic E-state index is 5.95. The highest BCUT2D eigenvalue weighted by molar-refractivity contribution is 4.96. The minimum absolute atomic E-state index is 0.0104. The lowest BCUT2D eigenvalue weighted by atomic mass is 9.67. The van der Waals surface area contributed by atoms with Gasteiger partial charge in [-0.15, -0.1) is 0 Å². The van der Waals surface area contributed by atoms with Crippen LogP contribution in [0.4, 0.5) is 0 Å². The molecule has 0 N–H and O–H groups in total. The Morgan fingerprint density at radius 3 is 1.61 bits per heavy atom. The van der Waals surface area contributed by atoms with Crippen molar-refractivity contribution in [2.45, 2.75) is 60.4 Å². The Hall–Kier alpha value is -0.120. The van der Waals surface area contributed by atoms with E-state index in [9.17, 15) is 0 Å². The van der Waals surface area contributed by atoms with E-state index in [1.54, 1.807) is 0 Å². The number of ether oxygens (including phenoxy) is 3. The molecule has 3 aliphatic heterocycles. The average Bonchev–Trinajstić information content (AvgIpc) is 2.27. The molecule has 0 unspecified atom stereocenters. The van der Waals surface area contributed by atoms with Gasteiger partial charge in [0.2, 0.25) is 0 Å². The molecule has 0 aliphatic carbocycles. The van der Waals surface area contributed by atoms with Crippen molar-refractivity contribution in [1.29, 1.82) is 0 Å². The fraction of sp³-hybridized carbons (Fsp3) is 1.00. The third-order valence-electron chi connectivity index (χ3n) is 4.48. The van der Waals surface area contributed by atoms with E-state index < -0.39 is 5.97 Å². The predicted octanol–water partition coefficient (Wildman–Crippen LogP) is 3.58. The van der Waals surface area contributed by atoms with E-state index in [0.717, 1.165) is 32.7 Å². The molecule has 3 fully saturated rings. The first kappa shape index (κ1) is 14.3. The van der Waals surface area contributed by atoms with Crippen LogP contribution in [0.1, 0.15) is 54.4 Å². The van der Waals surface area contributed by atoms with Crippen LogP contribution in [0.3, 0.4) is 0 Å². The summed E-state index contributed by atoms with van der Waals surface area (Å²) < 4.78 is 17.8. The van der Waals surface area contributed by atoms with Crippen molar-refractivity contribution in [1.82, 2.24) is 0 Å². The van der Waals surface area contributed by atoms with Gasteiger partial charge in [0.25, 0.3) is 5.97 Å². The van der Waals surface area contributed by atoms with E-state index in [1.807, 2.05) is 0 Å². The Kier molecular flexibility index (Phi) is 3.33. The van der Waals surface area contributed by atoms with Gasteiger partial charge in [-0.05, 0) is 17.3 Å². The fourth-order valence-corrected chi connectivity index (χ4v) is 2.39. The van der Waals surface area contributed by atoms with Gasteiger partial charge in [-0.3, -0.25) is 0 Å². The van der Waals surface area contributed by atoms with Gasteiger partial charge in [-0.2, -0.15) is 0 Å². The molecular weight excluding hydrogens is 228 g/mol. The van der Waals surface area contributed by atoms with E-state index in [1.165, 1.54) is 0 Å². The van der Waals surface area contributed by atoms with E-state index in [0.29, 0.717) is 0 Å². The summed E-state index contributed by atoms with van der Waals surface area (Å²) in [7, 11) is 0.